The van der Waals surface area contributed by atoms with Crippen molar-refractivity contribution in [3.63, 3.8) is 0 Å². The van der Waals surface area contributed by atoms with E-state index in [1.165, 1.54) is 15.6 Å². The van der Waals surface area contributed by atoms with Crippen LogP contribution in [0.3, 0.4) is 0 Å². The van der Waals surface area contributed by atoms with Gasteiger partial charge < -0.3 is 10.6 Å². The molecule has 2 saturated heterocycles. The number of hydrogen-bond donors (Lipinski definition) is 2. The number of carbonyl (C=O) groups is 1. The quantitative estimate of drug-likeness (QED) is 0.848. The van der Waals surface area contributed by atoms with Gasteiger partial charge in [0.05, 0.1) is 0 Å². The monoisotopic (exact) mass is 357 g/mol. The zero-order valence-corrected chi connectivity index (χ0v) is 14.7. The molecule has 0 aliphatic carbocycles. The van der Waals surface area contributed by atoms with Gasteiger partial charge in [-0.15, -0.1) is 11.3 Å². The normalized spacial score (nSPS) is 26.8. The highest BCUT2D eigenvalue weighted by Gasteiger charge is 2.38. The van der Waals surface area contributed by atoms with Crippen molar-refractivity contribution in [2.24, 2.45) is 0 Å². The molecule has 0 bridgehead atoms. The first-order chi connectivity index (χ1) is 11.1. The predicted octanol–water partition coefficient (Wildman–Crippen LogP) is 1.16. The summed E-state index contributed by atoms with van der Waals surface area (Å²) in [6.45, 7) is 2.16. The van der Waals surface area contributed by atoms with Gasteiger partial charge in [0.1, 0.15) is 10.3 Å². The number of thiophene rings is 1. The summed E-state index contributed by atoms with van der Waals surface area (Å²) in [6, 6.07) is 2.85. The Hall–Kier alpha value is -0.960. The molecule has 2 aliphatic heterocycles. The molecule has 1 amide bonds. The molecular weight excluding hydrogens is 334 g/mol. The maximum absolute atomic E-state index is 12.8. The first-order valence-electron chi connectivity index (χ1n) is 8.15. The number of nitrogens with one attached hydrogen (secondary N) is 2. The van der Waals surface area contributed by atoms with Crippen molar-refractivity contribution in [2.45, 2.75) is 48.4 Å². The Bertz CT molecular complexity index is 624. The maximum Gasteiger partial charge on any atom is 0.253 e. The van der Waals surface area contributed by atoms with Crippen LogP contribution >= 0.6 is 11.3 Å². The van der Waals surface area contributed by atoms with Gasteiger partial charge in [0.15, 0.2) is 0 Å². The summed E-state index contributed by atoms with van der Waals surface area (Å²) in [5.41, 5.74) is 0. The first-order valence-corrected chi connectivity index (χ1v) is 10.5. The van der Waals surface area contributed by atoms with Crippen LogP contribution in [-0.4, -0.2) is 50.3 Å². The van der Waals surface area contributed by atoms with E-state index in [1.54, 1.807) is 17.5 Å². The van der Waals surface area contributed by atoms with Crippen molar-refractivity contribution in [1.82, 2.24) is 14.9 Å². The van der Waals surface area contributed by atoms with Crippen LogP contribution in [0.4, 0.5) is 0 Å². The smallest absolute Gasteiger partial charge is 0.253 e. The van der Waals surface area contributed by atoms with Gasteiger partial charge in [-0.25, -0.2) is 8.42 Å². The topological polar surface area (TPSA) is 78.5 Å². The van der Waals surface area contributed by atoms with Crippen LogP contribution in [0.15, 0.2) is 21.7 Å². The second-order valence-electron chi connectivity index (χ2n) is 6.11. The molecule has 0 radical (unpaired) electrons. The molecule has 2 atom stereocenters. The van der Waals surface area contributed by atoms with E-state index in [2.05, 4.69) is 10.6 Å². The van der Waals surface area contributed by atoms with Crippen LogP contribution in [-0.2, 0) is 14.8 Å². The minimum atomic E-state index is -3.58. The number of piperidine rings is 2. The van der Waals surface area contributed by atoms with Crippen LogP contribution in [0.25, 0.3) is 0 Å². The van der Waals surface area contributed by atoms with E-state index in [1.807, 2.05) is 0 Å². The van der Waals surface area contributed by atoms with Gasteiger partial charge >= 0.3 is 0 Å². The van der Waals surface area contributed by atoms with Crippen molar-refractivity contribution >= 4 is 27.3 Å². The van der Waals surface area contributed by atoms with Gasteiger partial charge in [0.2, 0.25) is 5.91 Å². The van der Waals surface area contributed by atoms with E-state index in [9.17, 15) is 13.2 Å². The first kappa shape index (κ1) is 16.9. The summed E-state index contributed by atoms with van der Waals surface area (Å²) in [7, 11) is -3.58. The van der Waals surface area contributed by atoms with Gasteiger partial charge in [-0.3, -0.25) is 4.79 Å². The Morgan fingerprint density at radius 3 is 2.87 bits per heavy atom. The molecular formula is C15H23N3O3S2. The lowest BCUT2D eigenvalue weighted by Gasteiger charge is -2.34. The van der Waals surface area contributed by atoms with E-state index >= 15 is 0 Å². The summed E-state index contributed by atoms with van der Waals surface area (Å²) in [4.78, 5) is 12.7. The number of hydrogen-bond acceptors (Lipinski definition) is 5. The van der Waals surface area contributed by atoms with Crippen molar-refractivity contribution in [2.75, 3.05) is 19.6 Å². The van der Waals surface area contributed by atoms with E-state index in [-0.39, 0.29) is 11.9 Å². The summed E-state index contributed by atoms with van der Waals surface area (Å²) in [5.74, 6) is -0.154. The number of sulfonamides is 1. The summed E-state index contributed by atoms with van der Waals surface area (Å²) in [5, 5.41) is 8.04. The molecule has 2 N–H and O–H groups in total. The largest absolute Gasteiger partial charge is 0.351 e. The Kier molecular flexibility index (Phi) is 5.35. The van der Waals surface area contributed by atoms with Gasteiger partial charge in [0.25, 0.3) is 10.0 Å². The third-order valence-corrected chi connectivity index (χ3v) is 7.74. The van der Waals surface area contributed by atoms with Crippen LogP contribution in [0, 0.1) is 0 Å². The molecule has 128 valence electrons. The van der Waals surface area contributed by atoms with Gasteiger partial charge in [0, 0.05) is 19.1 Å². The van der Waals surface area contributed by atoms with E-state index in [0.29, 0.717) is 17.2 Å². The average molecular weight is 358 g/mol. The Morgan fingerprint density at radius 1 is 1.30 bits per heavy atom. The van der Waals surface area contributed by atoms with Crippen molar-refractivity contribution in [3.05, 3.63) is 17.5 Å². The predicted molar refractivity (Wildman–Crippen MR) is 89.9 cm³/mol. The minimum absolute atomic E-state index is 0.101. The molecule has 8 heteroatoms. The lowest BCUT2D eigenvalue weighted by atomic mass is 10.0. The van der Waals surface area contributed by atoms with Gasteiger partial charge in [-0.2, -0.15) is 4.31 Å². The SMILES string of the molecule is O=C(N[C@H]1CCCNC1)C1CCCCN1S(=O)(=O)c1cccs1. The molecule has 0 aromatic carbocycles. The van der Waals surface area contributed by atoms with Crippen molar-refractivity contribution < 1.29 is 13.2 Å². The Balaban J connectivity index is 1.74. The van der Waals surface area contributed by atoms with Crippen LogP contribution < -0.4 is 10.6 Å². The number of rotatable bonds is 4. The lowest BCUT2D eigenvalue weighted by Crippen LogP contribution is -2.55. The van der Waals surface area contributed by atoms with E-state index in [0.717, 1.165) is 38.8 Å². The fourth-order valence-electron chi connectivity index (χ4n) is 3.25. The summed E-state index contributed by atoms with van der Waals surface area (Å²) >= 11 is 1.20. The maximum atomic E-state index is 12.8. The standard InChI is InChI=1S/C15H23N3O3S2/c19-15(17-12-5-3-8-16-11-12)13-6-1-2-9-18(13)23(20,21)14-7-4-10-22-14/h4,7,10,12-13,16H,1-3,5-6,8-9,11H2,(H,17,19)/t12-,13?/m0/s1. The third-order valence-electron chi connectivity index (χ3n) is 4.46. The zero-order chi connectivity index (χ0) is 16.3. The number of amides is 1. The molecule has 23 heavy (non-hydrogen) atoms. The average Bonchev–Trinajstić information content (AvgIpc) is 3.11. The third kappa shape index (κ3) is 3.76. The number of carbonyl (C=O) groups excluding carboxylic acids is 1. The zero-order valence-electron chi connectivity index (χ0n) is 13.0. The molecule has 0 saturated carbocycles. The molecule has 1 aromatic rings. The van der Waals surface area contributed by atoms with Crippen molar-refractivity contribution in [3.8, 4) is 0 Å². The van der Waals surface area contributed by atoms with E-state index in [4.69, 9.17) is 0 Å². The fourth-order valence-corrected chi connectivity index (χ4v) is 6.03. The highest BCUT2D eigenvalue weighted by molar-refractivity contribution is 7.91. The molecule has 2 aliphatic rings. The van der Waals surface area contributed by atoms with Crippen LogP contribution in [0.1, 0.15) is 32.1 Å². The Morgan fingerprint density at radius 2 is 2.17 bits per heavy atom. The molecule has 3 heterocycles. The second-order valence-corrected chi connectivity index (χ2v) is 9.18. The molecule has 6 nitrogen and oxygen atoms in total. The fraction of sp³-hybridized carbons (Fsp3) is 0.667. The second kappa shape index (κ2) is 7.29. The van der Waals surface area contributed by atoms with Gasteiger partial charge in [-0.05, 0) is 43.7 Å². The minimum Gasteiger partial charge on any atom is -0.351 e. The lowest BCUT2D eigenvalue weighted by molar-refractivity contribution is -0.126. The Labute approximate surface area is 141 Å². The highest BCUT2D eigenvalue weighted by atomic mass is 32.2. The molecule has 1 unspecified atom stereocenters. The van der Waals surface area contributed by atoms with Crippen LogP contribution in [0.5, 0.6) is 0 Å². The molecule has 1 aromatic heterocycles. The number of nitrogens with zero attached hydrogens (tertiary/aromatic N) is 1. The summed E-state index contributed by atoms with van der Waals surface area (Å²) < 4.78 is 27.3. The van der Waals surface area contributed by atoms with Crippen LogP contribution in [0.2, 0.25) is 0 Å². The molecule has 0 spiro atoms. The van der Waals surface area contributed by atoms with Crippen molar-refractivity contribution in [1.29, 1.82) is 0 Å². The van der Waals surface area contributed by atoms with Gasteiger partial charge in [-0.1, -0.05) is 12.5 Å². The molecule has 2 fully saturated rings. The van der Waals surface area contributed by atoms with E-state index < -0.39 is 16.1 Å². The summed E-state index contributed by atoms with van der Waals surface area (Å²) in [6.07, 6.45) is 4.27. The highest BCUT2D eigenvalue weighted by Crippen LogP contribution is 2.28. The molecule has 3 rings (SSSR count).